The van der Waals surface area contributed by atoms with E-state index >= 15 is 0 Å². The number of hydrogen-bond donors (Lipinski definition) is 0. The molecule has 130 valence electrons. The molecule has 0 atom stereocenters. The molecule has 2 aromatic carbocycles. The number of rotatable bonds is 3. The van der Waals surface area contributed by atoms with Crippen molar-refractivity contribution < 1.29 is 13.2 Å². The van der Waals surface area contributed by atoms with Crippen molar-refractivity contribution in [1.82, 2.24) is 14.8 Å². The van der Waals surface area contributed by atoms with Gasteiger partial charge in [0.05, 0.1) is 12.1 Å². The van der Waals surface area contributed by atoms with Gasteiger partial charge in [-0.05, 0) is 17.7 Å². The molecule has 3 nitrogen and oxygen atoms in total. The molecule has 0 fully saturated rings. The first kappa shape index (κ1) is 16.3. The van der Waals surface area contributed by atoms with Gasteiger partial charge >= 0.3 is 6.18 Å². The van der Waals surface area contributed by atoms with Crippen molar-refractivity contribution in [3.05, 3.63) is 84.2 Å². The molecule has 6 heteroatoms. The lowest BCUT2D eigenvalue weighted by Crippen LogP contribution is -2.09. The number of fused-ring (bicyclic) bond motifs is 1. The standard InChI is InChI=1S/C20H14F3N3/c21-20(22,23)18-11-10-14(12-24-18)13-26-17-9-5-4-8-16(17)19(25-26)15-6-2-1-3-7-15/h1-12H,13H2. The van der Waals surface area contributed by atoms with Gasteiger partial charge in [0.25, 0.3) is 0 Å². The molecular formula is C20H14F3N3. The van der Waals surface area contributed by atoms with Gasteiger partial charge in [-0.2, -0.15) is 18.3 Å². The lowest BCUT2D eigenvalue weighted by Gasteiger charge is -2.07. The van der Waals surface area contributed by atoms with Crippen LogP contribution in [0.1, 0.15) is 11.3 Å². The molecule has 0 saturated heterocycles. The fourth-order valence-corrected chi connectivity index (χ4v) is 2.92. The van der Waals surface area contributed by atoms with E-state index in [1.807, 2.05) is 54.6 Å². The van der Waals surface area contributed by atoms with E-state index in [4.69, 9.17) is 5.10 Å². The molecule has 0 aliphatic heterocycles. The van der Waals surface area contributed by atoms with Crippen LogP contribution in [0.2, 0.25) is 0 Å². The van der Waals surface area contributed by atoms with Gasteiger partial charge in [-0.1, -0.05) is 54.6 Å². The van der Waals surface area contributed by atoms with Crippen molar-refractivity contribution in [1.29, 1.82) is 0 Å². The van der Waals surface area contributed by atoms with Gasteiger partial charge in [0, 0.05) is 17.1 Å². The maximum Gasteiger partial charge on any atom is 0.433 e. The Morgan fingerprint density at radius 1 is 0.846 bits per heavy atom. The highest BCUT2D eigenvalue weighted by Gasteiger charge is 2.32. The van der Waals surface area contributed by atoms with E-state index in [9.17, 15) is 13.2 Å². The van der Waals surface area contributed by atoms with Crippen molar-refractivity contribution in [2.24, 2.45) is 0 Å². The molecule has 0 saturated carbocycles. The van der Waals surface area contributed by atoms with Gasteiger partial charge in [0.2, 0.25) is 0 Å². The number of aromatic nitrogens is 3. The monoisotopic (exact) mass is 353 g/mol. The highest BCUT2D eigenvalue weighted by Crippen LogP contribution is 2.29. The van der Waals surface area contributed by atoms with Gasteiger partial charge in [-0.15, -0.1) is 0 Å². The molecule has 0 spiro atoms. The van der Waals surface area contributed by atoms with Crippen molar-refractivity contribution in [2.45, 2.75) is 12.7 Å². The highest BCUT2D eigenvalue weighted by atomic mass is 19.4. The second-order valence-electron chi connectivity index (χ2n) is 5.94. The van der Waals surface area contributed by atoms with E-state index in [-0.39, 0.29) is 0 Å². The van der Waals surface area contributed by atoms with E-state index in [0.717, 1.165) is 28.2 Å². The second-order valence-corrected chi connectivity index (χ2v) is 5.94. The van der Waals surface area contributed by atoms with Crippen LogP contribution in [0.25, 0.3) is 22.2 Å². The zero-order valence-corrected chi connectivity index (χ0v) is 13.6. The van der Waals surface area contributed by atoms with Crippen LogP contribution in [0.5, 0.6) is 0 Å². The Morgan fingerprint density at radius 3 is 2.27 bits per heavy atom. The number of halogens is 3. The minimum absolute atomic E-state index is 0.346. The van der Waals surface area contributed by atoms with Crippen LogP contribution in [0.15, 0.2) is 72.9 Å². The van der Waals surface area contributed by atoms with E-state index in [1.54, 1.807) is 4.68 Å². The van der Waals surface area contributed by atoms with Gasteiger partial charge in [-0.25, -0.2) is 0 Å². The van der Waals surface area contributed by atoms with Gasteiger partial charge in [0.15, 0.2) is 0 Å². The fraction of sp³-hybridized carbons (Fsp3) is 0.100. The Balaban J connectivity index is 1.73. The number of benzene rings is 2. The molecule has 2 aromatic heterocycles. The first-order valence-electron chi connectivity index (χ1n) is 8.05. The Hall–Kier alpha value is -3.15. The molecule has 4 aromatic rings. The lowest BCUT2D eigenvalue weighted by atomic mass is 10.1. The van der Waals surface area contributed by atoms with Crippen LogP contribution in [-0.4, -0.2) is 14.8 Å². The first-order chi connectivity index (χ1) is 12.5. The number of hydrogen-bond acceptors (Lipinski definition) is 2. The summed E-state index contributed by atoms with van der Waals surface area (Å²) in [5, 5.41) is 5.69. The topological polar surface area (TPSA) is 30.7 Å². The summed E-state index contributed by atoms with van der Waals surface area (Å²) < 4.78 is 39.8. The lowest BCUT2D eigenvalue weighted by molar-refractivity contribution is -0.141. The average Bonchev–Trinajstić information content (AvgIpc) is 3.01. The summed E-state index contributed by atoms with van der Waals surface area (Å²) in [5.41, 5.74) is 2.53. The number of nitrogens with zero attached hydrogens (tertiary/aromatic N) is 3. The minimum atomic E-state index is -4.43. The zero-order valence-electron chi connectivity index (χ0n) is 13.6. The smallest absolute Gasteiger partial charge is 0.260 e. The molecular weight excluding hydrogens is 339 g/mol. The zero-order chi connectivity index (χ0) is 18.1. The molecule has 0 amide bonds. The molecule has 0 aliphatic carbocycles. The SMILES string of the molecule is FC(F)(F)c1ccc(Cn2nc(-c3ccccc3)c3ccccc32)cn1. The van der Waals surface area contributed by atoms with Gasteiger partial charge in [0.1, 0.15) is 11.4 Å². The molecule has 2 heterocycles. The Labute approximate surface area is 147 Å². The third-order valence-corrected chi connectivity index (χ3v) is 4.15. The van der Waals surface area contributed by atoms with Crippen molar-refractivity contribution in [3.8, 4) is 11.3 Å². The predicted octanol–water partition coefficient (Wildman–Crippen LogP) is 5.17. The number of alkyl halides is 3. The summed E-state index contributed by atoms with van der Waals surface area (Å²) in [6.07, 6.45) is -3.18. The van der Waals surface area contributed by atoms with Crippen LogP contribution in [0.4, 0.5) is 13.2 Å². The summed E-state index contributed by atoms with van der Waals surface area (Å²) in [5.74, 6) is 0. The maximum absolute atomic E-state index is 12.7. The van der Waals surface area contributed by atoms with Crippen LogP contribution in [-0.2, 0) is 12.7 Å². The Bertz CT molecular complexity index is 1040. The first-order valence-corrected chi connectivity index (χ1v) is 8.05. The molecule has 4 rings (SSSR count). The third kappa shape index (κ3) is 3.06. The van der Waals surface area contributed by atoms with Gasteiger partial charge in [-0.3, -0.25) is 9.67 Å². The van der Waals surface area contributed by atoms with E-state index < -0.39 is 11.9 Å². The second kappa shape index (κ2) is 6.29. The van der Waals surface area contributed by atoms with E-state index in [2.05, 4.69) is 4.98 Å². The summed E-state index contributed by atoms with van der Waals surface area (Å²) in [4.78, 5) is 3.53. The summed E-state index contributed by atoms with van der Waals surface area (Å²) in [6, 6.07) is 20.0. The highest BCUT2D eigenvalue weighted by molar-refractivity contribution is 5.93. The average molecular weight is 353 g/mol. The summed E-state index contributed by atoms with van der Waals surface area (Å²) >= 11 is 0. The summed E-state index contributed by atoms with van der Waals surface area (Å²) in [6.45, 7) is 0.346. The number of pyridine rings is 1. The largest absolute Gasteiger partial charge is 0.433 e. The summed E-state index contributed by atoms with van der Waals surface area (Å²) in [7, 11) is 0. The van der Waals surface area contributed by atoms with Crippen LogP contribution >= 0.6 is 0 Å². The fourth-order valence-electron chi connectivity index (χ4n) is 2.92. The van der Waals surface area contributed by atoms with E-state index in [0.29, 0.717) is 12.1 Å². The molecule has 0 aliphatic rings. The Kier molecular flexibility index (Phi) is 3.95. The van der Waals surface area contributed by atoms with Crippen LogP contribution < -0.4 is 0 Å². The number of para-hydroxylation sites is 1. The van der Waals surface area contributed by atoms with Crippen LogP contribution in [0, 0.1) is 0 Å². The van der Waals surface area contributed by atoms with Crippen molar-refractivity contribution in [2.75, 3.05) is 0 Å². The van der Waals surface area contributed by atoms with E-state index in [1.165, 1.54) is 12.3 Å². The van der Waals surface area contributed by atoms with Gasteiger partial charge < -0.3 is 0 Å². The minimum Gasteiger partial charge on any atom is -0.260 e. The molecule has 0 unspecified atom stereocenters. The molecule has 0 N–H and O–H groups in total. The Morgan fingerprint density at radius 2 is 1.58 bits per heavy atom. The third-order valence-electron chi connectivity index (χ3n) is 4.15. The predicted molar refractivity (Wildman–Crippen MR) is 93.5 cm³/mol. The van der Waals surface area contributed by atoms with Crippen LogP contribution in [0.3, 0.4) is 0 Å². The molecule has 0 bridgehead atoms. The quantitative estimate of drug-likeness (QED) is 0.509. The molecule has 26 heavy (non-hydrogen) atoms. The normalized spacial score (nSPS) is 11.8. The molecule has 0 radical (unpaired) electrons. The maximum atomic E-state index is 12.7. The van der Waals surface area contributed by atoms with Crippen molar-refractivity contribution >= 4 is 10.9 Å². The van der Waals surface area contributed by atoms with Crippen molar-refractivity contribution in [3.63, 3.8) is 0 Å².